The number of rotatable bonds is 5. The molecule has 0 saturated heterocycles. The van der Waals surface area contributed by atoms with Gasteiger partial charge in [0.15, 0.2) is 17.5 Å². The number of nitrogens with two attached hydrogens (primary N) is 1. The first-order chi connectivity index (χ1) is 9.82. The Labute approximate surface area is 119 Å². The van der Waals surface area contributed by atoms with Crippen molar-refractivity contribution in [3.05, 3.63) is 29.6 Å². The summed E-state index contributed by atoms with van der Waals surface area (Å²) >= 11 is 0. The summed E-state index contributed by atoms with van der Waals surface area (Å²) in [6.45, 7) is 3.22. The molecule has 0 bridgehead atoms. The zero-order valence-corrected chi connectivity index (χ0v) is 11.6. The number of amidine groups is 1. The standard InChI is InChI=1S/C13H16F3N3O2/c1-3-13(4-2,11(17)19-21)12(20)18-10-8(15)5-7(14)6-9(10)16/h5-6,21H,3-4H2,1-2H3,(H2,17,19)(H,18,20). The summed E-state index contributed by atoms with van der Waals surface area (Å²) in [6.07, 6.45) is 0.297. The second kappa shape index (κ2) is 6.47. The van der Waals surface area contributed by atoms with Gasteiger partial charge >= 0.3 is 0 Å². The molecule has 0 unspecified atom stereocenters. The Hall–Kier alpha value is -2.25. The van der Waals surface area contributed by atoms with Crippen molar-refractivity contribution < 1.29 is 23.2 Å². The van der Waals surface area contributed by atoms with E-state index in [1.165, 1.54) is 0 Å². The summed E-state index contributed by atoms with van der Waals surface area (Å²) in [5.74, 6) is -4.81. The first kappa shape index (κ1) is 16.8. The predicted octanol–water partition coefficient (Wildman–Crippen LogP) is 2.60. The van der Waals surface area contributed by atoms with E-state index in [1.807, 2.05) is 5.32 Å². The molecule has 0 aliphatic rings. The van der Waals surface area contributed by atoms with E-state index in [1.54, 1.807) is 13.8 Å². The van der Waals surface area contributed by atoms with Gasteiger partial charge < -0.3 is 16.3 Å². The van der Waals surface area contributed by atoms with Crippen LogP contribution in [0.2, 0.25) is 0 Å². The van der Waals surface area contributed by atoms with Crippen LogP contribution in [0.5, 0.6) is 0 Å². The third-order valence-corrected chi connectivity index (χ3v) is 3.49. The summed E-state index contributed by atoms with van der Waals surface area (Å²) in [4.78, 5) is 12.3. The van der Waals surface area contributed by atoms with E-state index >= 15 is 0 Å². The highest BCUT2D eigenvalue weighted by molar-refractivity contribution is 6.11. The van der Waals surface area contributed by atoms with Crippen LogP contribution in [0.1, 0.15) is 26.7 Å². The Bertz CT molecular complexity index is 549. The molecule has 0 spiro atoms. The number of carbonyl (C=O) groups excluding carboxylic acids is 1. The molecule has 1 aromatic carbocycles. The number of benzene rings is 1. The van der Waals surface area contributed by atoms with Crippen molar-refractivity contribution in [1.29, 1.82) is 0 Å². The fourth-order valence-electron chi connectivity index (χ4n) is 2.04. The molecule has 0 aromatic heterocycles. The van der Waals surface area contributed by atoms with Gasteiger partial charge in [-0.3, -0.25) is 4.79 Å². The molecule has 0 aliphatic carbocycles. The normalized spacial score (nSPS) is 12.3. The third kappa shape index (κ3) is 3.09. The summed E-state index contributed by atoms with van der Waals surface area (Å²) in [5, 5.41) is 13.6. The fraction of sp³-hybridized carbons (Fsp3) is 0.385. The molecule has 5 nitrogen and oxygen atoms in total. The first-order valence-corrected chi connectivity index (χ1v) is 6.26. The highest BCUT2D eigenvalue weighted by Gasteiger charge is 2.40. The fourth-order valence-corrected chi connectivity index (χ4v) is 2.04. The van der Waals surface area contributed by atoms with Crippen molar-refractivity contribution >= 4 is 17.4 Å². The van der Waals surface area contributed by atoms with Crippen molar-refractivity contribution in [3.63, 3.8) is 0 Å². The summed E-state index contributed by atoms with van der Waals surface area (Å²) in [6, 6.07) is 0.892. The molecule has 1 amide bonds. The third-order valence-electron chi connectivity index (χ3n) is 3.49. The Balaban J connectivity index is 3.21. The monoisotopic (exact) mass is 303 g/mol. The smallest absolute Gasteiger partial charge is 0.238 e. The number of nitrogens with one attached hydrogen (secondary N) is 1. The molecule has 4 N–H and O–H groups in total. The van der Waals surface area contributed by atoms with Gasteiger partial charge in [-0.1, -0.05) is 19.0 Å². The number of hydrogen-bond acceptors (Lipinski definition) is 3. The lowest BCUT2D eigenvalue weighted by atomic mass is 9.80. The van der Waals surface area contributed by atoms with E-state index in [4.69, 9.17) is 10.9 Å². The largest absolute Gasteiger partial charge is 0.409 e. The average Bonchev–Trinajstić information content (AvgIpc) is 2.44. The van der Waals surface area contributed by atoms with Crippen molar-refractivity contribution in [2.45, 2.75) is 26.7 Å². The van der Waals surface area contributed by atoms with Crippen LogP contribution in [0.15, 0.2) is 17.3 Å². The summed E-state index contributed by atoms with van der Waals surface area (Å²) in [5.41, 5.74) is 3.33. The molecule has 21 heavy (non-hydrogen) atoms. The van der Waals surface area contributed by atoms with Gasteiger partial charge in [-0.25, -0.2) is 13.2 Å². The van der Waals surface area contributed by atoms with Gasteiger partial charge in [-0.15, -0.1) is 0 Å². The SMILES string of the molecule is CCC(CC)(C(=O)Nc1c(F)cc(F)cc1F)C(N)=NO. The van der Waals surface area contributed by atoms with E-state index in [-0.39, 0.29) is 18.7 Å². The van der Waals surface area contributed by atoms with Crippen LogP contribution in [0.4, 0.5) is 18.9 Å². The number of nitrogens with zero attached hydrogens (tertiary/aromatic N) is 1. The van der Waals surface area contributed by atoms with Gasteiger partial charge in [0.25, 0.3) is 0 Å². The quantitative estimate of drug-likeness (QED) is 0.338. The highest BCUT2D eigenvalue weighted by Crippen LogP contribution is 2.30. The molecular weight excluding hydrogens is 287 g/mol. The van der Waals surface area contributed by atoms with Gasteiger partial charge in [0.1, 0.15) is 16.9 Å². The van der Waals surface area contributed by atoms with E-state index in [0.29, 0.717) is 12.1 Å². The molecule has 0 radical (unpaired) electrons. The minimum absolute atomic E-state index is 0.148. The van der Waals surface area contributed by atoms with Gasteiger partial charge in [-0.05, 0) is 12.8 Å². The lowest BCUT2D eigenvalue weighted by Gasteiger charge is -2.28. The average molecular weight is 303 g/mol. The number of anilines is 1. The van der Waals surface area contributed by atoms with Crippen LogP contribution >= 0.6 is 0 Å². The molecular formula is C13H16F3N3O2. The maximum atomic E-state index is 13.5. The molecule has 0 atom stereocenters. The van der Waals surface area contributed by atoms with Crippen molar-refractivity contribution in [2.24, 2.45) is 16.3 Å². The van der Waals surface area contributed by atoms with E-state index in [0.717, 1.165) is 0 Å². The number of halogens is 3. The summed E-state index contributed by atoms with van der Waals surface area (Å²) in [7, 11) is 0. The molecule has 1 aromatic rings. The van der Waals surface area contributed by atoms with Crippen molar-refractivity contribution in [1.82, 2.24) is 0 Å². The molecule has 8 heteroatoms. The Morgan fingerprint density at radius 2 is 1.76 bits per heavy atom. The van der Waals surface area contributed by atoms with Crippen LogP contribution < -0.4 is 11.1 Å². The first-order valence-electron chi connectivity index (χ1n) is 6.26. The minimum atomic E-state index is -1.41. The van der Waals surface area contributed by atoms with E-state index < -0.39 is 34.5 Å². The van der Waals surface area contributed by atoms with Crippen LogP contribution in [0.3, 0.4) is 0 Å². The van der Waals surface area contributed by atoms with Crippen LogP contribution in [0.25, 0.3) is 0 Å². The van der Waals surface area contributed by atoms with Crippen molar-refractivity contribution in [2.75, 3.05) is 5.32 Å². The van der Waals surface area contributed by atoms with E-state index in [9.17, 15) is 18.0 Å². The molecule has 1 rings (SSSR count). The number of oxime groups is 1. The highest BCUT2D eigenvalue weighted by atomic mass is 19.1. The van der Waals surface area contributed by atoms with E-state index in [2.05, 4.69) is 5.16 Å². The number of amides is 1. The lowest BCUT2D eigenvalue weighted by Crippen LogP contribution is -2.46. The van der Waals surface area contributed by atoms with Crippen LogP contribution in [-0.4, -0.2) is 17.0 Å². The van der Waals surface area contributed by atoms with Crippen LogP contribution in [0, 0.1) is 22.9 Å². The Morgan fingerprint density at radius 1 is 1.29 bits per heavy atom. The second-order valence-corrected chi connectivity index (χ2v) is 4.47. The predicted molar refractivity (Wildman–Crippen MR) is 71.4 cm³/mol. The lowest BCUT2D eigenvalue weighted by molar-refractivity contribution is -0.122. The van der Waals surface area contributed by atoms with Crippen LogP contribution in [-0.2, 0) is 4.79 Å². The minimum Gasteiger partial charge on any atom is -0.409 e. The topological polar surface area (TPSA) is 87.7 Å². The number of hydrogen-bond donors (Lipinski definition) is 3. The second-order valence-electron chi connectivity index (χ2n) is 4.47. The molecule has 0 heterocycles. The van der Waals surface area contributed by atoms with Gasteiger partial charge in [-0.2, -0.15) is 0 Å². The zero-order valence-electron chi connectivity index (χ0n) is 11.6. The summed E-state index contributed by atoms with van der Waals surface area (Å²) < 4.78 is 39.9. The maximum Gasteiger partial charge on any atom is 0.238 e. The number of carbonyl (C=O) groups is 1. The van der Waals surface area contributed by atoms with Gasteiger partial charge in [0, 0.05) is 12.1 Å². The zero-order chi connectivity index (χ0) is 16.2. The van der Waals surface area contributed by atoms with Gasteiger partial charge in [0.05, 0.1) is 0 Å². The molecule has 0 saturated carbocycles. The molecule has 0 aliphatic heterocycles. The molecule has 116 valence electrons. The Morgan fingerprint density at radius 3 is 2.14 bits per heavy atom. The maximum absolute atomic E-state index is 13.5. The molecule has 0 fully saturated rings. The Kier molecular flexibility index (Phi) is 5.17. The van der Waals surface area contributed by atoms with Crippen molar-refractivity contribution in [3.8, 4) is 0 Å². The van der Waals surface area contributed by atoms with Gasteiger partial charge in [0.2, 0.25) is 5.91 Å².